The maximum absolute atomic E-state index is 5.16. The van der Waals surface area contributed by atoms with Crippen molar-refractivity contribution in [1.82, 2.24) is 5.32 Å². The number of rotatable bonds is 0. The lowest BCUT2D eigenvalue weighted by Gasteiger charge is -1.98. The second kappa shape index (κ2) is 5.11. The highest BCUT2D eigenvalue weighted by molar-refractivity contribution is 7.80. The number of allylic oxidation sites excluding steroid dienone is 4. The van der Waals surface area contributed by atoms with Gasteiger partial charge in [-0.3, -0.25) is 0 Å². The normalized spacial score (nSPS) is 23.6. The molecular weight excluding hydrogens is 190 g/mol. The van der Waals surface area contributed by atoms with Gasteiger partial charge in [-0.05, 0) is 11.5 Å². The largest absolute Gasteiger partial charge is 0.372 e. The van der Waals surface area contributed by atoms with Crippen molar-refractivity contribution in [3.8, 4) is 0 Å². The van der Waals surface area contributed by atoms with Crippen molar-refractivity contribution in [2.24, 2.45) is 5.92 Å². The molecule has 1 heterocycles. The summed E-state index contributed by atoms with van der Waals surface area (Å²) in [5.74, 6) is 0.524. The van der Waals surface area contributed by atoms with Gasteiger partial charge in [0.25, 0.3) is 0 Å². The van der Waals surface area contributed by atoms with Crippen molar-refractivity contribution in [3.05, 3.63) is 35.5 Å². The first-order chi connectivity index (χ1) is 6.77. The lowest BCUT2D eigenvalue weighted by Crippen LogP contribution is -2.11. The third kappa shape index (κ3) is 2.32. The van der Waals surface area contributed by atoms with E-state index in [2.05, 4.69) is 36.5 Å². The van der Waals surface area contributed by atoms with Crippen LogP contribution < -0.4 is 5.32 Å². The minimum Gasteiger partial charge on any atom is -0.372 e. The fraction of sp³-hybridized carbons (Fsp3) is 0.417. The van der Waals surface area contributed by atoms with E-state index >= 15 is 0 Å². The van der Waals surface area contributed by atoms with Crippen LogP contribution in [0.1, 0.15) is 20.8 Å². The van der Waals surface area contributed by atoms with Gasteiger partial charge in [-0.2, -0.15) is 0 Å². The van der Waals surface area contributed by atoms with E-state index in [0.717, 1.165) is 11.5 Å². The van der Waals surface area contributed by atoms with E-state index < -0.39 is 0 Å². The van der Waals surface area contributed by atoms with E-state index in [1.54, 1.807) is 0 Å². The molecule has 1 unspecified atom stereocenters. The summed E-state index contributed by atoms with van der Waals surface area (Å²) < 4.78 is 0. The maximum Gasteiger partial charge on any atom is 0.107 e. The molecule has 76 valence electrons. The summed E-state index contributed by atoms with van der Waals surface area (Å²) in [6.45, 7) is 7.08. The zero-order valence-corrected chi connectivity index (χ0v) is 9.82. The molecule has 1 aliphatic heterocycles. The quantitative estimate of drug-likeness (QED) is 0.613. The monoisotopic (exact) mass is 207 g/mol. The zero-order valence-electron chi connectivity index (χ0n) is 9.00. The molecule has 2 heteroatoms. The van der Waals surface area contributed by atoms with Crippen molar-refractivity contribution in [2.45, 2.75) is 20.8 Å². The molecule has 1 atom stereocenters. The van der Waals surface area contributed by atoms with Crippen LogP contribution in [0.5, 0.6) is 0 Å². The molecule has 1 fully saturated rings. The average Bonchev–Trinajstić information content (AvgIpc) is 2.44. The minimum absolute atomic E-state index is 0.524. The van der Waals surface area contributed by atoms with Gasteiger partial charge in [0.2, 0.25) is 0 Å². The molecule has 0 amide bonds. The fourth-order valence-electron chi connectivity index (χ4n) is 1.54. The smallest absolute Gasteiger partial charge is 0.107 e. The van der Waals surface area contributed by atoms with Crippen molar-refractivity contribution < 1.29 is 0 Å². The molecular formula is C12H17NS. The van der Waals surface area contributed by atoms with Crippen LogP contribution in [-0.2, 0) is 0 Å². The molecule has 1 N–H and O–H groups in total. The average molecular weight is 207 g/mol. The van der Waals surface area contributed by atoms with Gasteiger partial charge in [0.05, 0.1) is 0 Å². The maximum atomic E-state index is 5.16. The van der Waals surface area contributed by atoms with Gasteiger partial charge in [0, 0.05) is 12.1 Å². The van der Waals surface area contributed by atoms with Crippen molar-refractivity contribution >= 4 is 17.2 Å². The van der Waals surface area contributed by atoms with Crippen molar-refractivity contribution in [3.63, 3.8) is 0 Å². The van der Waals surface area contributed by atoms with Gasteiger partial charge in [0.15, 0.2) is 0 Å². The van der Waals surface area contributed by atoms with E-state index in [1.165, 1.54) is 11.1 Å². The molecule has 0 spiro atoms. The second-order valence-electron chi connectivity index (χ2n) is 3.20. The number of hydrogen-bond acceptors (Lipinski definition) is 1. The highest BCUT2D eigenvalue weighted by Gasteiger charge is 2.18. The molecule has 0 radical (unpaired) electrons. The Balaban J connectivity index is 0.000000461. The van der Waals surface area contributed by atoms with Crippen LogP contribution in [0.3, 0.4) is 0 Å². The summed E-state index contributed by atoms with van der Waals surface area (Å²) in [5.41, 5.74) is 2.54. The predicted molar refractivity (Wildman–Crippen MR) is 66.4 cm³/mol. The molecule has 0 saturated carbocycles. The topological polar surface area (TPSA) is 12.0 Å². The highest BCUT2D eigenvalue weighted by Crippen LogP contribution is 2.22. The summed E-state index contributed by atoms with van der Waals surface area (Å²) in [6, 6.07) is 0. The first-order valence-electron chi connectivity index (χ1n) is 5.15. The second-order valence-corrected chi connectivity index (χ2v) is 3.61. The molecule has 1 aliphatic carbocycles. The summed E-state index contributed by atoms with van der Waals surface area (Å²) >= 11 is 5.16. The van der Waals surface area contributed by atoms with Crippen LogP contribution in [0.25, 0.3) is 0 Å². The molecule has 0 aromatic rings. The van der Waals surface area contributed by atoms with Crippen LogP contribution in [-0.4, -0.2) is 11.5 Å². The SMILES string of the molecule is CC.CC1C=CC=C2C(=S)NCC2=C1. The summed E-state index contributed by atoms with van der Waals surface area (Å²) in [7, 11) is 0. The lowest BCUT2D eigenvalue weighted by molar-refractivity contribution is 0.922. The first-order valence-corrected chi connectivity index (χ1v) is 5.56. The Kier molecular flexibility index (Phi) is 4.08. The third-order valence-corrected chi connectivity index (χ3v) is 2.54. The fourth-order valence-corrected chi connectivity index (χ4v) is 1.81. The Bertz CT molecular complexity index is 310. The molecule has 1 nitrogen and oxygen atoms in total. The van der Waals surface area contributed by atoms with E-state index in [1.807, 2.05) is 13.8 Å². The number of hydrogen-bond donors (Lipinski definition) is 1. The Morgan fingerprint density at radius 2 is 2.14 bits per heavy atom. The van der Waals surface area contributed by atoms with Gasteiger partial charge in [-0.25, -0.2) is 0 Å². The molecule has 1 saturated heterocycles. The van der Waals surface area contributed by atoms with E-state index in [0.29, 0.717) is 5.92 Å². The number of nitrogens with one attached hydrogen (secondary N) is 1. The van der Waals surface area contributed by atoms with Gasteiger partial charge in [-0.1, -0.05) is 57.3 Å². The van der Waals surface area contributed by atoms with Gasteiger partial charge in [0.1, 0.15) is 4.99 Å². The first kappa shape index (κ1) is 11.2. The Hall–Kier alpha value is -0.890. The Morgan fingerprint density at radius 1 is 1.43 bits per heavy atom. The molecule has 0 aromatic heterocycles. The van der Waals surface area contributed by atoms with Crippen LogP contribution in [0.2, 0.25) is 0 Å². The summed E-state index contributed by atoms with van der Waals surface area (Å²) in [5, 5.41) is 3.17. The zero-order chi connectivity index (χ0) is 10.6. The number of fused-ring (bicyclic) bond motifs is 1. The van der Waals surface area contributed by atoms with Gasteiger partial charge in [-0.15, -0.1) is 0 Å². The molecule has 2 rings (SSSR count). The number of thiocarbonyl (C=S) groups is 1. The Morgan fingerprint density at radius 3 is 2.86 bits per heavy atom. The van der Waals surface area contributed by atoms with Crippen LogP contribution in [0, 0.1) is 5.92 Å². The molecule has 0 aromatic carbocycles. The van der Waals surface area contributed by atoms with Crippen LogP contribution in [0.15, 0.2) is 35.5 Å². The molecule has 14 heavy (non-hydrogen) atoms. The van der Waals surface area contributed by atoms with Crippen LogP contribution in [0.4, 0.5) is 0 Å². The summed E-state index contributed by atoms with van der Waals surface area (Å²) in [4.78, 5) is 0.889. The minimum atomic E-state index is 0.524. The standard InChI is InChI=1S/C10H11NS.C2H6/c1-7-3-2-4-9-8(5-7)6-11-10(9)12;1-2/h2-5,7H,6H2,1H3,(H,11,12);1-2H3. The summed E-state index contributed by atoms with van der Waals surface area (Å²) in [6.07, 6.45) is 8.63. The third-order valence-electron chi connectivity index (χ3n) is 2.17. The van der Waals surface area contributed by atoms with E-state index in [-0.39, 0.29) is 0 Å². The molecule has 2 aliphatic rings. The molecule has 0 bridgehead atoms. The predicted octanol–water partition coefficient (Wildman–Crippen LogP) is 3.00. The van der Waals surface area contributed by atoms with E-state index in [9.17, 15) is 0 Å². The van der Waals surface area contributed by atoms with Gasteiger partial charge >= 0.3 is 0 Å². The highest BCUT2D eigenvalue weighted by atomic mass is 32.1. The Labute approximate surface area is 91.6 Å². The van der Waals surface area contributed by atoms with Crippen molar-refractivity contribution in [1.29, 1.82) is 0 Å². The van der Waals surface area contributed by atoms with Crippen molar-refractivity contribution in [2.75, 3.05) is 6.54 Å². The van der Waals surface area contributed by atoms with Gasteiger partial charge < -0.3 is 5.32 Å². The van der Waals surface area contributed by atoms with Crippen LogP contribution >= 0.6 is 12.2 Å². The van der Waals surface area contributed by atoms with E-state index in [4.69, 9.17) is 12.2 Å². The lowest BCUT2D eigenvalue weighted by atomic mass is 10.1.